The second-order valence-corrected chi connectivity index (χ2v) is 16.9. The number of hydrogen-bond acceptors (Lipinski definition) is 22. The van der Waals surface area contributed by atoms with Crippen molar-refractivity contribution in [2.45, 2.75) is 113 Å². The molecule has 1 aromatic carbocycles. The molecule has 380 valence electrons. The van der Waals surface area contributed by atoms with Crippen molar-refractivity contribution in [3.63, 3.8) is 0 Å². The molecule has 3 aromatic rings. The lowest BCUT2D eigenvalue weighted by molar-refractivity contribution is -0.192. The zero-order valence-electron chi connectivity index (χ0n) is 36.1. The highest BCUT2D eigenvalue weighted by Gasteiger charge is 2.46. The molecule has 4 rings (SSSR count). The van der Waals surface area contributed by atoms with Crippen molar-refractivity contribution in [2.75, 3.05) is 24.3 Å². The van der Waals surface area contributed by atoms with Crippen molar-refractivity contribution in [1.82, 2.24) is 30.6 Å². The molecule has 0 saturated carbocycles. The Kier molecular flexibility index (Phi) is 19.9. The summed E-state index contributed by atoms with van der Waals surface area (Å²) in [5.74, 6) is -9.46. The summed E-state index contributed by atoms with van der Waals surface area (Å²) in [5, 5.41) is 96.4. The SMILES string of the molecule is CC(Nc1ccc(CC(O)C(O)C(O)COC2OC(COP(=O)(O)OC(CCC(=O)O)C(=O)N[C@@H](CCC(=O)O)C(=O)N[C@@H](CC(=O)O)C(=O)O)C(O)C2O)cc1)c1cnc2nc(N)[nH]c(=O)c2n1. The quantitative estimate of drug-likeness (QED) is 0.0312. The minimum atomic E-state index is -5.48. The van der Waals surface area contributed by atoms with Gasteiger partial charge in [0.25, 0.3) is 5.56 Å². The topological polar surface area (TPSA) is 492 Å². The van der Waals surface area contributed by atoms with Crippen molar-refractivity contribution in [3.05, 3.63) is 52.1 Å². The van der Waals surface area contributed by atoms with Crippen LogP contribution in [0.3, 0.4) is 0 Å². The van der Waals surface area contributed by atoms with Crippen LogP contribution >= 0.6 is 7.82 Å². The first-order valence-corrected chi connectivity index (χ1v) is 22.0. The van der Waals surface area contributed by atoms with Gasteiger partial charge in [-0.15, -0.1) is 0 Å². The number of phosphoric ester groups is 1. The number of aliphatic hydroxyl groups is 5. The maximum Gasteiger partial charge on any atom is 0.473 e. The number of amides is 2. The van der Waals surface area contributed by atoms with Crippen LogP contribution in [0.25, 0.3) is 11.2 Å². The molecule has 30 nitrogen and oxygen atoms in total. The number of aromatic amines is 1. The van der Waals surface area contributed by atoms with Crippen LogP contribution < -0.4 is 27.2 Å². The molecule has 12 atom stereocenters. The molecular weight excluding hydrogens is 951 g/mol. The Morgan fingerprint density at radius 2 is 1.52 bits per heavy atom. The first-order chi connectivity index (χ1) is 32.3. The van der Waals surface area contributed by atoms with Crippen molar-refractivity contribution in [3.8, 4) is 0 Å². The lowest BCUT2D eigenvalue weighted by Gasteiger charge is -2.25. The molecule has 0 bridgehead atoms. The predicted octanol–water partition coefficient (Wildman–Crippen LogP) is -3.68. The standard InChI is InChI=1S/C38H51N8O22P/c1-15(20-12-40-32-28(42-20)35(60)46-38(39)45-32)41-17-4-2-16(3-5-17)10-21(47)29(55)22(48)13-65-37-31(57)30(56)24(67-37)14-66-69(63,64)68-23(7-9-26(51)52)34(59)43-18(6-8-25(49)50)33(58)44-19(36(61)62)11-27(53)54/h2-5,12,15,18-19,21-24,29-31,37,41,47-48,55-57H,6-11,13-14H2,1H3,(H,43,59)(H,44,58)(H,49,50)(H,51,52)(H,53,54)(H,61,62)(H,63,64)(H3,39,40,45,46,60)/t15?,18-,19-,21?,22?,23?,24?,29?,30?,31?,37?/m0/s1. The van der Waals surface area contributed by atoms with Gasteiger partial charge >= 0.3 is 31.7 Å². The highest BCUT2D eigenvalue weighted by atomic mass is 31.2. The monoisotopic (exact) mass is 1000 g/mol. The summed E-state index contributed by atoms with van der Waals surface area (Å²) in [6.45, 7) is -0.100. The fraction of sp³-hybridized carbons (Fsp3) is 0.526. The Morgan fingerprint density at radius 1 is 0.884 bits per heavy atom. The molecule has 1 aliphatic rings. The number of benzene rings is 1. The lowest BCUT2D eigenvalue weighted by atomic mass is 10.0. The molecule has 0 aliphatic carbocycles. The number of nitrogens with one attached hydrogen (secondary N) is 4. The Balaban J connectivity index is 1.29. The Labute approximate surface area is 388 Å². The highest BCUT2D eigenvalue weighted by molar-refractivity contribution is 7.47. The van der Waals surface area contributed by atoms with Crippen LogP contribution in [-0.4, -0.2) is 181 Å². The van der Waals surface area contributed by atoms with E-state index in [1.54, 1.807) is 31.2 Å². The average molecular weight is 1000 g/mol. The van der Waals surface area contributed by atoms with Gasteiger partial charge in [0.2, 0.25) is 17.8 Å². The molecule has 1 saturated heterocycles. The van der Waals surface area contributed by atoms with E-state index >= 15 is 0 Å². The van der Waals surface area contributed by atoms with Crippen LogP contribution in [0.2, 0.25) is 0 Å². The van der Waals surface area contributed by atoms with E-state index in [2.05, 4.69) is 25.3 Å². The summed E-state index contributed by atoms with van der Waals surface area (Å²) in [6.07, 6.45) is -17.8. The van der Waals surface area contributed by atoms with Gasteiger partial charge in [-0.3, -0.25) is 42.8 Å². The number of carboxylic acid groups (broad SMARTS) is 4. The number of carboxylic acids is 4. The van der Waals surface area contributed by atoms with E-state index in [-0.39, 0.29) is 23.5 Å². The maximum absolute atomic E-state index is 13.2. The van der Waals surface area contributed by atoms with Gasteiger partial charge in [-0.1, -0.05) is 12.1 Å². The fourth-order valence-electron chi connectivity index (χ4n) is 6.41. The molecule has 69 heavy (non-hydrogen) atoms. The minimum Gasteiger partial charge on any atom is -0.481 e. The van der Waals surface area contributed by atoms with E-state index in [4.69, 9.17) is 34.5 Å². The van der Waals surface area contributed by atoms with Crippen molar-refractivity contribution < 1.29 is 103 Å². The van der Waals surface area contributed by atoms with Gasteiger partial charge in [0, 0.05) is 24.9 Å². The van der Waals surface area contributed by atoms with Crippen molar-refractivity contribution >= 4 is 66.3 Å². The molecule has 2 amide bonds. The zero-order valence-corrected chi connectivity index (χ0v) is 37.0. The summed E-state index contributed by atoms with van der Waals surface area (Å²) in [7, 11) is -5.48. The molecule has 1 fully saturated rings. The van der Waals surface area contributed by atoms with Crippen LogP contribution in [0.1, 0.15) is 56.3 Å². The van der Waals surface area contributed by atoms with E-state index in [0.717, 1.165) is 0 Å². The molecule has 16 N–H and O–H groups in total. The Morgan fingerprint density at radius 3 is 2.14 bits per heavy atom. The van der Waals surface area contributed by atoms with E-state index in [1.807, 2.05) is 10.6 Å². The van der Waals surface area contributed by atoms with Crippen LogP contribution in [0.5, 0.6) is 0 Å². The number of phosphoric acid groups is 1. The Bertz CT molecular complexity index is 2410. The smallest absolute Gasteiger partial charge is 0.473 e. The normalized spacial score (nSPS) is 20.9. The fourth-order valence-corrected chi connectivity index (χ4v) is 7.33. The predicted molar refractivity (Wildman–Crippen MR) is 227 cm³/mol. The summed E-state index contributed by atoms with van der Waals surface area (Å²) in [4.78, 5) is 108. The van der Waals surface area contributed by atoms with Gasteiger partial charge in [-0.05, 0) is 37.5 Å². The van der Waals surface area contributed by atoms with Crippen LogP contribution in [0.15, 0.2) is 35.3 Å². The van der Waals surface area contributed by atoms with Crippen molar-refractivity contribution in [1.29, 1.82) is 0 Å². The molecule has 10 unspecified atom stereocenters. The number of aliphatic carboxylic acids is 4. The number of nitrogens with zero attached hydrogens (tertiary/aromatic N) is 3. The van der Waals surface area contributed by atoms with Crippen LogP contribution in [0.4, 0.5) is 11.6 Å². The largest absolute Gasteiger partial charge is 0.481 e. The van der Waals surface area contributed by atoms with E-state index in [0.29, 0.717) is 16.9 Å². The van der Waals surface area contributed by atoms with Gasteiger partial charge < -0.3 is 82.0 Å². The van der Waals surface area contributed by atoms with E-state index < -0.39 is 162 Å². The highest BCUT2D eigenvalue weighted by Crippen LogP contribution is 2.46. The first-order valence-electron chi connectivity index (χ1n) is 20.5. The van der Waals surface area contributed by atoms with E-state index in [9.17, 15) is 78.8 Å². The zero-order chi connectivity index (χ0) is 51.3. The average Bonchev–Trinajstić information content (AvgIpc) is 3.55. The molecule has 3 heterocycles. The number of carbonyl (C=O) groups excluding carboxylic acids is 2. The second-order valence-electron chi connectivity index (χ2n) is 15.4. The second kappa shape index (κ2) is 24.8. The third-order valence-electron chi connectivity index (χ3n) is 10.1. The summed E-state index contributed by atoms with van der Waals surface area (Å²) in [6, 6.07) is 2.19. The Hall–Kier alpha value is -6.31. The lowest BCUT2D eigenvalue weighted by Crippen LogP contribution is -2.54. The van der Waals surface area contributed by atoms with Crippen molar-refractivity contribution in [2.24, 2.45) is 0 Å². The number of ether oxygens (including phenoxy) is 2. The van der Waals surface area contributed by atoms with E-state index in [1.165, 1.54) is 6.20 Å². The molecule has 2 aromatic heterocycles. The third-order valence-corrected chi connectivity index (χ3v) is 11.1. The number of nitrogen functional groups attached to an aromatic ring is 1. The molecule has 0 radical (unpaired) electrons. The van der Waals surface area contributed by atoms with Gasteiger partial charge in [0.1, 0.15) is 48.7 Å². The van der Waals surface area contributed by atoms with Crippen LogP contribution in [-0.2, 0) is 58.3 Å². The summed E-state index contributed by atoms with van der Waals surface area (Å²) < 4.78 is 33.3. The molecule has 0 spiro atoms. The molecule has 31 heteroatoms. The number of nitrogens with two attached hydrogens (primary N) is 1. The number of aromatic nitrogens is 4. The molecular formula is C38H51N8O22P. The molecule has 1 aliphatic heterocycles. The maximum atomic E-state index is 13.2. The number of rotatable bonds is 28. The number of H-pyrrole nitrogens is 1. The number of aliphatic hydroxyl groups excluding tert-OH is 5. The third kappa shape index (κ3) is 16.7. The number of anilines is 2. The minimum absolute atomic E-state index is 0.000270. The van der Waals surface area contributed by atoms with Gasteiger partial charge in [-0.25, -0.2) is 19.3 Å². The first kappa shape index (κ1) is 55.3. The van der Waals surface area contributed by atoms with Crippen LogP contribution in [0, 0.1) is 0 Å². The summed E-state index contributed by atoms with van der Waals surface area (Å²) in [5.41, 5.74) is 6.63. The van der Waals surface area contributed by atoms with Gasteiger partial charge in [0.15, 0.2) is 17.5 Å². The van der Waals surface area contributed by atoms with Gasteiger partial charge in [-0.2, -0.15) is 4.98 Å². The number of carbonyl (C=O) groups is 6. The summed E-state index contributed by atoms with van der Waals surface area (Å²) >= 11 is 0. The van der Waals surface area contributed by atoms with Gasteiger partial charge in [0.05, 0.1) is 43.7 Å². The number of fused-ring (bicyclic) bond motifs is 1. The number of hydrogen-bond donors (Lipinski definition) is 15.